The smallest absolute Gasteiger partial charge is 0.311 e. The average Bonchev–Trinajstić information content (AvgIpc) is 2.50. The summed E-state index contributed by atoms with van der Waals surface area (Å²) < 4.78 is 4.83. The molecule has 0 spiro atoms. The minimum Gasteiger partial charge on any atom is -0.466 e. The monoisotopic (exact) mass is 128 g/mol. The molecule has 1 fully saturated rings. The number of hydrogen-bond acceptors (Lipinski definition) is 2. The van der Waals surface area contributed by atoms with Crippen LogP contribution < -0.4 is 0 Å². The third kappa shape index (κ3) is 1.23. The molecule has 0 bridgehead atoms. The van der Waals surface area contributed by atoms with E-state index in [-0.39, 0.29) is 11.4 Å². The number of carbonyl (C=O) groups excluding carboxylic acids is 1. The summed E-state index contributed by atoms with van der Waals surface area (Å²) in [5, 5.41) is 0. The Balaban J connectivity index is 2.34. The number of carbonyl (C=O) groups is 1. The van der Waals surface area contributed by atoms with Gasteiger partial charge in [-0.1, -0.05) is 0 Å². The van der Waals surface area contributed by atoms with Crippen LogP contribution in [0.25, 0.3) is 0 Å². The molecule has 0 unspecified atom stereocenters. The second-order valence-corrected chi connectivity index (χ2v) is 2.78. The van der Waals surface area contributed by atoms with Crippen LogP contribution in [0, 0.1) is 5.41 Å². The molecule has 0 radical (unpaired) electrons. The van der Waals surface area contributed by atoms with E-state index in [9.17, 15) is 4.79 Å². The van der Waals surface area contributed by atoms with Crippen LogP contribution in [0.2, 0.25) is 0 Å². The van der Waals surface area contributed by atoms with Crippen LogP contribution in [0.1, 0.15) is 26.7 Å². The van der Waals surface area contributed by atoms with E-state index in [0.29, 0.717) is 6.61 Å². The Morgan fingerprint density at radius 2 is 2.22 bits per heavy atom. The highest BCUT2D eigenvalue weighted by atomic mass is 16.5. The molecule has 2 heteroatoms. The van der Waals surface area contributed by atoms with Crippen molar-refractivity contribution < 1.29 is 9.53 Å². The van der Waals surface area contributed by atoms with E-state index in [0.717, 1.165) is 12.8 Å². The number of rotatable bonds is 2. The zero-order valence-electron chi connectivity index (χ0n) is 5.94. The third-order valence-electron chi connectivity index (χ3n) is 1.77. The summed E-state index contributed by atoms with van der Waals surface area (Å²) in [4.78, 5) is 10.9. The lowest BCUT2D eigenvalue weighted by atomic mass is 10.1. The Bertz CT molecular complexity index is 125. The maximum Gasteiger partial charge on any atom is 0.311 e. The van der Waals surface area contributed by atoms with Gasteiger partial charge >= 0.3 is 5.97 Å². The summed E-state index contributed by atoms with van der Waals surface area (Å²) in [5.41, 5.74) is -0.101. The lowest BCUT2D eigenvalue weighted by Gasteiger charge is -2.05. The van der Waals surface area contributed by atoms with E-state index >= 15 is 0 Å². The minimum absolute atomic E-state index is 0.0231. The van der Waals surface area contributed by atoms with Gasteiger partial charge in [-0.25, -0.2) is 0 Å². The highest BCUT2D eigenvalue weighted by Gasteiger charge is 2.46. The second kappa shape index (κ2) is 2.01. The molecule has 0 N–H and O–H groups in total. The molecular formula is C7H12O2. The van der Waals surface area contributed by atoms with Crippen LogP contribution >= 0.6 is 0 Å². The summed E-state index contributed by atoms with van der Waals surface area (Å²) in [6.45, 7) is 4.29. The van der Waals surface area contributed by atoms with Crippen LogP contribution in [0.15, 0.2) is 0 Å². The van der Waals surface area contributed by atoms with Gasteiger partial charge in [0, 0.05) is 0 Å². The fourth-order valence-corrected chi connectivity index (χ4v) is 0.697. The first kappa shape index (κ1) is 6.59. The van der Waals surface area contributed by atoms with E-state index in [1.54, 1.807) is 0 Å². The maximum absolute atomic E-state index is 10.9. The first-order valence-corrected chi connectivity index (χ1v) is 3.36. The molecule has 0 aromatic carbocycles. The molecule has 0 aromatic rings. The zero-order chi connectivity index (χ0) is 6.91. The van der Waals surface area contributed by atoms with E-state index in [1.807, 2.05) is 13.8 Å². The van der Waals surface area contributed by atoms with Gasteiger partial charge in [-0.15, -0.1) is 0 Å². The zero-order valence-corrected chi connectivity index (χ0v) is 5.94. The molecule has 2 nitrogen and oxygen atoms in total. The second-order valence-electron chi connectivity index (χ2n) is 2.78. The molecule has 1 rings (SSSR count). The molecule has 1 aliphatic rings. The number of hydrogen-bond donors (Lipinski definition) is 0. The molecule has 0 heterocycles. The Hall–Kier alpha value is -0.530. The van der Waals surface area contributed by atoms with Crippen LogP contribution in [0.3, 0.4) is 0 Å². The largest absolute Gasteiger partial charge is 0.466 e. The molecule has 0 atom stereocenters. The molecular weight excluding hydrogens is 116 g/mol. The van der Waals surface area contributed by atoms with Crippen molar-refractivity contribution in [1.29, 1.82) is 0 Å². The van der Waals surface area contributed by atoms with E-state index in [2.05, 4.69) is 0 Å². The van der Waals surface area contributed by atoms with Crippen molar-refractivity contribution in [3.63, 3.8) is 0 Å². The molecule has 52 valence electrons. The predicted octanol–water partition coefficient (Wildman–Crippen LogP) is 1.35. The van der Waals surface area contributed by atoms with Crippen LogP contribution in [-0.4, -0.2) is 12.6 Å². The van der Waals surface area contributed by atoms with Crippen molar-refractivity contribution >= 4 is 5.97 Å². The normalized spacial score (nSPS) is 21.1. The minimum atomic E-state index is -0.101. The van der Waals surface area contributed by atoms with Gasteiger partial charge in [-0.05, 0) is 26.7 Å². The molecule has 9 heavy (non-hydrogen) atoms. The SMILES string of the molecule is CCOC(=O)C1(C)CC1. The van der Waals surface area contributed by atoms with Crippen LogP contribution in [0.5, 0.6) is 0 Å². The summed E-state index contributed by atoms with van der Waals surface area (Å²) in [6, 6.07) is 0. The fourth-order valence-electron chi connectivity index (χ4n) is 0.697. The van der Waals surface area contributed by atoms with Crippen molar-refractivity contribution in [2.75, 3.05) is 6.61 Å². The summed E-state index contributed by atoms with van der Waals surface area (Å²) in [7, 11) is 0. The number of ether oxygens (including phenoxy) is 1. The van der Waals surface area contributed by atoms with Gasteiger partial charge in [0.2, 0.25) is 0 Å². The quantitative estimate of drug-likeness (QED) is 0.525. The highest BCUT2D eigenvalue weighted by Crippen LogP contribution is 2.45. The summed E-state index contributed by atoms with van der Waals surface area (Å²) in [5.74, 6) is -0.0231. The summed E-state index contributed by atoms with van der Waals surface area (Å²) in [6.07, 6.45) is 2.01. The van der Waals surface area contributed by atoms with Gasteiger partial charge in [-0.3, -0.25) is 4.79 Å². The van der Waals surface area contributed by atoms with Crippen molar-refractivity contribution in [2.45, 2.75) is 26.7 Å². The molecule has 0 aromatic heterocycles. The average molecular weight is 128 g/mol. The Kier molecular flexibility index (Phi) is 1.47. The molecule has 1 aliphatic carbocycles. The molecule has 0 aliphatic heterocycles. The lowest BCUT2D eigenvalue weighted by molar-refractivity contribution is -0.148. The predicted molar refractivity (Wildman–Crippen MR) is 34.0 cm³/mol. The fraction of sp³-hybridized carbons (Fsp3) is 0.857. The van der Waals surface area contributed by atoms with E-state index in [1.165, 1.54) is 0 Å². The molecule has 1 saturated carbocycles. The Morgan fingerprint density at radius 1 is 1.67 bits per heavy atom. The van der Waals surface area contributed by atoms with Crippen LogP contribution in [0.4, 0.5) is 0 Å². The van der Waals surface area contributed by atoms with Crippen molar-refractivity contribution in [3.05, 3.63) is 0 Å². The maximum atomic E-state index is 10.9. The highest BCUT2D eigenvalue weighted by molar-refractivity contribution is 5.79. The molecule has 0 amide bonds. The standard InChI is InChI=1S/C7H12O2/c1-3-9-6(8)7(2)4-5-7/h3-5H2,1-2H3. The molecule has 0 saturated heterocycles. The Labute approximate surface area is 55.2 Å². The van der Waals surface area contributed by atoms with Gasteiger partial charge in [0.15, 0.2) is 0 Å². The topological polar surface area (TPSA) is 26.3 Å². The first-order valence-electron chi connectivity index (χ1n) is 3.36. The van der Waals surface area contributed by atoms with Crippen LogP contribution in [-0.2, 0) is 9.53 Å². The third-order valence-corrected chi connectivity index (χ3v) is 1.77. The Morgan fingerprint density at radius 3 is 2.56 bits per heavy atom. The van der Waals surface area contributed by atoms with Gasteiger partial charge in [0.05, 0.1) is 12.0 Å². The van der Waals surface area contributed by atoms with E-state index < -0.39 is 0 Å². The van der Waals surface area contributed by atoms with E-state index in [4.69, 9.17) is 4.74 Å². The summed E-state index contributed by atoms with van der Waals surface area (Å²) >= 11 is 0. The van der Waals surface area contributed by atoms with Gasteiger partial charge in [0.25, 0.3) is 0 Å². The van der Waals surface area contributed by atoms with Gasteiger partial charge < -0.3 is 4.74 Å². The van der Waals surface area contributed by atoms with Crippen molar-refractivity contribution in [1.82, 2.24) is 0 Å². The van der Waals surface area contributed by atoms with Gasteiger partial charge in [0.1, 0.15) is 0 Å². The van der Waals surface area contributed by atoms with Gasteiger partial charge in [-0.2, -0.15) is 0 Å². The lowest BCUT2D eigenvalue weighted by Crippen LogP contribution is -2.14. The van der Waals surface area contributed by atoms with Crippen molar-refractivity contribution in [2.24, 2.45) is 5.41 Å². The van der Waals surface area contributed by atoms with Crippen molar-refractivity contribution in [3.8, 4) is 0 Å². The first-order chi connectivity index (χ1) is 4.19. The number of esters is 1.